The fourth-order valence-corrected chi connectivity index (χ4v) is 2.78. The second kappa shape index (κ2) is 12.7. The van der Waals surface area contributed by atoms with Crippen molar-refractivity contribution in [2.75, 3.05) is 20.2 Å². The first kappa shape index (κ1) is 22.3. The minimum absolute atomic E-state index is 0. The number of alkyl carbamates (subject to hydrolysis) is 1. The molecule has 0 aromatic carbocycles. The van der Waals surface area contributed by atoms with Gasteiger partial charge in [-0.2, -0.15) is 0 Å². The Morgan fingerprint density at radius 3 is 2.48 bits per heavy atom. The molecule has 1 fully saturated rings. The molecule has 0 radical (unpaired) electrons. The van der Waals surface area contributed by atoms with Crippen LogP contribution in [0, 0.1) is 5.92 Å². The second-order valence-electron chi connectivity index (χ2n) is 6.27. The van der Waals surface area contributed by atoms with E-state index in [1.165, 1.54) is 25.7 Å². The van der Waals surface area contributed by atoms with E-state index in [0.717, 1.165) is 12.4 Å². The van der Waals surface area contributed by atoms with Gasteiger partial charge in [0.15, 0.2) is 5.96 Å². The van der Waals surface area contributed by atoms with Crippen molar-refractivity contribution in [3.63, 3.8) is 0 Å². The van der Waals surface area contributed by atoms with Gasteiger partial charge < -0.3 is 20.7 Å². The van der Waals surface area contributed by atoms with E-state index in [-0.39, 0.29) is 36.1 Å². The highest BCUT2D eigenvalue weighted by Gasteiger charge is 2.18. The van der Waals surface area contributed by atoms with Crippen molar-refractivity contribution in [1.29, 1.82) is 0 Å². The van der Waals surface area contributed by atoms with Crippen molar-refractivity contribution in [3.8, 4) is 0 Å². The Morgan fingerprint density at radius 2 is 1.96 bits per heavy atom. The summed E-state index contributed by atoms with van der Waals surface area (Å²) in [6.45, 7) is 7.13. The van der Waals surface area contributed by atoms with Crippen molar-refractivity contribution in [2.45, 2.75) is 65.0 Å². The van der Waals surface area contributed by atoms with E-state index < -0.39 is 0 Å². The lowest BCUT2D eigenvalue weighted by molar-refractivity contribution is 0.146. The Morgan fingerprint density at radius 1 is 1.30 bits per heavy atom. The number of ether oxygens (including phenoxy) is 1. The van der Waals surface area contributed by atoms with Crippen LogP contribution in [0.1, 0.15) is 52.9 Å². The highest BCUT2D eigenvalue weighted by Crippen LogP contribution is 2.17. The normalized spacial score (nSPS) is 16.7. The van der Waals surface area contributed by atoms with E-state index in [9.17, 15) is 4.79 Å². The fraction of sp³-hybridized carbons (Fsp3) is 0.875. The molecule has 1 unspecified atom stereocenters. The lowest BCUT2D eigenvalue weighted by atomic mass is 10.0. The van der Waals surface area contributed by atoms with Crippen LogP contribution in [0.3, 0.4) is 0 Å². The topological polar surface area (TPSA) is 74.8 Å². The smallest absolute Gasteiger partial charge is 0.407 e. The van der Waals surface area contributed by atoms with Crippen LogP contribution in [-0.4, -0.2) is 44.3 Å². The molecule has 0 heterocycles. The number of carbonyl (C=O) groups is 1. The number of carbonyl (C=O) groups excluding carboxylic acids is 1. The molecule has 0 aromatic heterocycles. The van der Waals surface area contributed by atoms with Crippen LogP contribution in [-0.2, 0) is 4.74 Å². The number of halogens is 1. The fourth-order valence-electron chi connectivity index (χ4n) is 2.78. The van der Waals surface area contributed by atoms with Gasteiger partial charge in [-0.1, -0.05) is 26.7 Å². The van der Waals surface area contributed by atoms with Crippen LogP contribution in [0.2, 0.25) is 0 Å². The van der Waals surface area contributed by atoms with Gasteiger partial charge in [0.1, 0.15) is 0 Å². The largest absolute Gasteiger partial charge is 0.450 e. The molecule has 7 heteroatoms. The molecule has 1 rings (SSSR count). The van der Waals surface area contributed by atoms with E-state index >= 15 is 0 Å². The molecule has 1 saturated carbocycles. The number of aliphatic imine (C=N–C) groups is 1. The first-order chi connectivity index (χ1) is 10.5. The average molecular weight is 440 g/mol. The number of rotatable bonds is 7. The zero-order valence-electron chi connectivity index (χ0n) is 14.9. The average Bonchev–Trinajstić information content (AvgIpc) is 2.95. The third kappa shape index (κ3) is 9.88. The molecule has 1 aliphatic carbocycles. The lowest BCUT2D eigenvalue weighted by Crippen LogP contribution is -2.49. The molecule has 6 nitrogen and oxygen atoms in total. The van der Waals surface area contributed by atoms with Crippen LogP contribution in [0.15, 0.2) is 4.99 Å². The minimum atomic E-state index is -0.353. The molecule has 0 aromatic rings. The molecule has 3 N–H and O–H groups in total. The summed E-state index contributed by atoms with van der Waals surface area (Å²) >= 11 is 0. The summed E-state index contributed by atoms with van der Waals surface area (Å²) in [4.78, 5) is 15.9. The number of nitrogens with zero attached hydrogens (tertiary/aromatic N) is 1. The molecule has 23 heavy (non-hydrogen) atoms. The van der Waals surface area contributed by atoms with Crippen molar-refractivity contribution in [2.24, 2.45) is 10.9 Å². The Balaban J connectivity index is 0.00000484. The molecule has 1 atom stereocenters. The summed E-state index contributed by atoms with van der Waals surface area (Å²) in [5.74, 6) is 1.31. The van der Waals surface area contributed by atoms with E-state index in [2.05, 4.69) is 34.8 Å². The van der Waals surface area contributed by atoms with Crippen LogP contribution in [0.4, 0.5) is 4.79 Å². The first-order valence-corrected chi connectivity index (χ1v) is 8.45. The summed E-state index contributed by atoms with van der Waals surface area (Å²) in [6.07, 6.45) is 5.53. The Hall–Kier alpha value is -0.730. The molecule has 0 aliphatic heterocycles. The quantitative estimate of drug-likeness (QED) is 0.323. The van der Waals surface area contributed by atoms with Crippen molar-refractivity contribution in [3.05, 3.63) is 0 Å². The van der Waals surface area contributed by atoms with Crippen LogP contribution < -0.4 is 16.0 Å². The Labute approximate surface area is 157 Å². The van der Waals surface area contributed by atoms with Crippen LogP contribution >= 0.6 is 24.0 Å². The van der Waals surface area contributed by atoms with Crippen LogP contribution in [0.25, 0.3) is 0 Å². The minimum Gasteiger partial charge on any atom is -0.450 e. The highest BCUT2D eigenvalue weighted by atomic mass is 127. The third-order valence-electron chi connectivity index (χ3n) is 3.79. The number of hydrogen-bond donors (Lipinski definition) is 3. The lowest BCUT2D eigenvalue weighted by Gasteiger charge is -2.23. The number of hydrogen-bond acceptors (Lipinski definition) is 3. The molecule has 0 spiro atoms. The first-order valence-electron chi connectivity index (χ1n) is 8.45. The zero-order valence-corrected chi connectivity index (χ0v) is 17.2. The zero-order chi connectivity index (χ0) is 16.4. The van der Waals surface area contributed by atoms with Gasteiger partial charge in [0, 0.05) is 25.7 Å². The Kier molecular flexibility index (Phi) is 12.3. The summed E-state index contributed by atoms with van der Waals surface area (Å²) in [7, 11) is 1.78. The Bertz CT molecular complexity index is 358. The van der Waals surface area contributed by atoms with Gasteiger partial charge in [0.25, 0.3) is 0 Å². The molecule has 0 saturated heterocycles. The van der Waals surface area contributed by atoms with Gasteiger partial charge in [-0.25, -0.2) is 4.79 Å². The maximum atomic E-state index is 11.6. The van der Waals surface area contributed by atoms with Gasteiger partial charge in [0.05, 0.1) is 6.61 Å². The van der Waals surface area contributed by atoms with Gasteiger partial charge in [-0.15, -0.1) is 24.0 Å². The summed E-state index contributed by atoms with van der Waals surface area (Å²) in [6, 6.07) is 0.550. The van der Waals surface area contributed by atoms with Gasteiger partial charge in [-0.05, 0) is 32.1 Å². The highest BCUT2D eigenvalue weighted by molar-refractivity contribution is 14.0. The van der Waals surface area contributed by atoms with Crippen LogP contribution in [0.5, 0.6) is 0 Å². The molecule has 0 bridgehead atoms. The van der Waals surface area contributed by atoms with E-state index in [1.807, 2.05) is 6.92 Å². The van der Waals surface area contributed by atoms with Gasteiger partial charge >= 0.3 is 6.09 Å². The molecule has 1 aliphatic rings. The summed E-state index contributed by atoms with van der Waals surface area (Å²) < 4.78 is 4.97. The summed E-state index contributed by atoms with van der Waals surface area (Å²) in [5.41, 5.74) is 0. The van der Waals surface area contributed by atoms with E-state index in [1.54, 1.807) is 7.05 Å². The molecule has 1 amide bonds. The SMILES string of the molecule is CCOC(=O)NC(CNC(=NC)NC1CCCC1)CC(C)C.I. The third-order valence-corrected chi connectivity index (χ3v) is 3.79. The summed E-state index contributed by atoms with van der Waals surface area (Å²) in [5, 5.41) is 9.68. The second-order valence-corrected chi connectivity index (χ2v) is 6.27. The standard InChI is InChI=1S/C16H32N4O2.HI/c1-5-22-16(21)20-14(10-12(2)3)11-18-15(17-4)19-13-8-6-7-9-13;/h12-14H,5-11H2,1-4H3,(H,20,21)(H2,17,18,19);1H. The molecular formula is C16H33IN4O2. The van der Waals surface area contributed by atoms with E-state index in [0.29, 0.717) is 25.1 Å². The molecule has 136 valence electrons. The van der Waals surface area contributed by atoms with Crippen molar-refractivity contribution in [1.82, 2.24) is 16.0 Å². The monoisotopic (exact) mass is 440 g/mol. The predicted molar refractivity (Wildman–Crippen MR) is 106 cm³/mol. The van der Waals surface area contributed by atoms with Gasteiger partial charge in [-0.3, -0.25) is 4.99 Å². The maximum absolute atomic E-state index is 11.6. The number of amides is 1. The number of nitrogens with one attached hydrogen (secondary N) is 3. The van der Waals surface area contributed by atoms with Crippen molar-refractivity contribution >= 4 is 36.0 Å². The van der Waals surface area contributed by atoms with Crippen molar-refractivity contribution < 1.29 is 9.53 Å². The predicted octanol–water partition coefficient (Wildman–Crippen LogP) is 2.87. The number of guanidine groups is 1. The maximum Gasteiger partial charge on any atom is 0.407 e. The van der Waals surface area contributed by atoms with E-state index in [4.69, 9.17) is 4.74 Å². The van der Waals surface area contributed by atoms with Gasteiger partial charge in [0.2, 0.25) is 0 Å². The molecular weight excluding hydrogens is 407 g/mol.